The van der Waals surface area contributed by atoms with Crippen molar-refractivity contribution in [2.24, 2.45) is 0 Å². The molecule has 0 amide bonds. The summed E-state index contributed by atoms with van der Waals surface area (Å²) in [6.07, 6.45) is 0. The summed E-state index contributed by atoms with van der Waals surface area (Å²) < 4.78 is 0. The molecular weight excluding hydrogens is 192 g/mol. The highest BCUT2D eigenvalue weighted by molar-refractivity contribution is 6.00. The van der Waals surface area contributed by atoms with Crippen molar-refractivity contribution in [1.29, 1.82) is 0 Å². The van der Waals surface area contributed by atoms with E-state index in [1.165, 1.54) is 21.9 Å². The second-order valence-electron chi connectivity index (χ2n) is 4.27. The van der Waals surface area contributed by atoms with Gasteiger partial charge in [-0.1, -0.05) is 60.7 Å². The normalized spacial score (nSPS) is 10.4. The van der Waals surface area contributed by atoms with Crippen LogP contribution in [0.1, 0.15) is 25.0 Å². The minimum absolute atomic E-state index is 1.10. The topological polar surface area (TPSA) is 0 Å². The summed E-state index contributed by atoms with van der Waals surface area (Å²) in [6.45, 7) is 12.2. The van der Waals surface area contributed by atoms with E-state index in [1.54, 1.807) is 0 Å². The fourth-order valence-electron chi connectivity index (χ4n) is 2.05. The molecule has 0 atom stereocenters. The van der Waals surface area contributed by atoms with Crippen LogP contribution >= 0.6 is 0 Å². The molecule has 0 N–H and O–H groups in total. The molecule has 0 spiro atoms. The number of hydrogen-bond acceptors (Lipinski definition) is 0. The highest BCUT2D eigenvalue weighted by Gasteiger charge is 2.06. The van der Waals surface area contributed by atoms with Gasteiger partial charge in [-0.3, -0.25) is 0 Å². The van der Waals surface area contributed by atoms with Crippen molar-refractivity contribution in [2.75, 3.05) is 0 Å². The van der Waals surface area contributed by atoms with Gasteiger partial charge in [0, 0.05) is 0 Å². The lowest BCUT2D eigenvalue weighted by molar-refractivity contribution is 1.59. The van der Waals surface area contributed by atoms with E-state index in [1.807, 2.05) is 13.8 Å². The van der Waals surface area contributed by atoms with Gasteiger partial charge in [-0.25, -0.2) is 0 Å². The quantitative estimate of drug-likeness (QED) is 0.658. The summed E-state index contributed by atoms with van der Waals surface area (Å²) in [5, 5.41) is 2.52. The van der Waals surface area contributed by atoms with E-state index >= 15 is 0 Å². The zero-order chi connectivity index (χ0) is 11.7. The molecule has 2 aromatic carbocycles. The predicted octanol–water partition coefficient (Wildman–Crippen LogP) is 4.91. The molecule has 2 aromatic rings. The Balaban J connectivity index is 2.92. The fourth-order valence-corrected chi connectivity index (χ4v) is 2.05. The zero-order valence-electron chi connectivity index (χ0n) is 9.88. The average molecular weight is 208 g/mol. The maximum atomic E-state index is 4.05. The molecule has 0 fully saturated rings. The molecule has 0 bridgehead atoms. The van der Waals surface area contributed by atoms with E-state index in [-0.39, 0.29) is 0 Å². The highest BCUT2D eigenvalue weighted by atomic mass is 14.1. The van der Waals surface area contributed by atoms with Gasteiger partial charge < -0.3 is 0 Å². The van der Waals surface area contributed by atoms with Crippen LogP contribution in [-0.4, -0.2) is 0 Å². The van der Waals surface area contributed by atoms with Gasteiger partial charge in [0.1, 0.15) is 0 Å². The summed E-state index contributed by atoms with van der Waals surface area (Å²) >= 11 is 0. The third-order valence-electron chi connectivity index (χ3n) is 2.82. The van der Waals surface area contributed by atoms with Crippen molar-refractivity contribution in [1.82, 2.24) is 0 Å². The summed E-state index contributed by atoms with van der Waals surface area (Å²) in [4.78, 5) is 0. The Morgan fingerprint density at radius 2 is 1.25 bits per heavy atom. The molecule has 0 nitrogen and oxygen atoms in total. The molecule has 0 saturated carbocycles. The van der Waals surface area contributed by atoms with E-state index in [4.69, 9.17) is 0 Å². The molecule has 0 aliphatic carbocycles. The molecular formula is C16H16. The molecule has 0 heterocycles. The van der Waals surface area contributed by atoms with Gasteiger partial charge in [-0.05, 0) is 35.7 Å². The fraction of sp³-hybridized carbons (Fsp3) is 0.125. The van der Waals surface area contributed by atoms with Crippen LogP contribution in [0.3, 0.4) is 0 Å². The molecule has 0 radical (unpaired) electrons. The second-order valence-corrected chi connectivity index (χ2v) is 4.27. The van der Waals surface area contributed by atoms with Crippen LogP contribution in [0, 0.1) is 0 Å². The largest absolute Gasteiger partial charge is 0.0955 e. The van der Waals surface area contributed by atoms with Crippen molar-refractivity contribution in [2.45, 2.75) is 13.8 Å². The molecule has 2 rings (SSSR count). The van der Waals surface area contributed by atoms with Crippen molar-refractivity contribution in [3.05, 3.63) is 60.7 Å². The molecule has 0 aromatic heterocycles. The minimum atomic E-state index is 1.10. The Labute approximate surface area is 96.9 Å². The smallest absolute Gasteiger partial charge is 0.00340 e. The number of fused-ring (bicyclic) bond motifs is 1. The summed E-state index contributed by atoms with van der Waals surface area (Å²) in [6, 6.07) is 12.7. The van der Waals surface area contributed by atoms with Gasteiger partial charge in [0.25, 0.3) is 0 Å². The van der Waals surface area contributed by atoms with Crippen LogP contribution in [0.4, 0.5) is 0 Å². The van der Waals surface area contributed by atoms with E-state index in [0.717, 1.165) is 11.1 Å². The lowest BCUT2D eigenvalue weighted by Crippen LogP contribution is -1.88. The van der Waals surface area contributed by atoms with Gasteiger partial charge in [0.15, 0.2) is 0 Å². The lowest BCUT2D eigenvalue weighted by Gasteiger charge is -2.11. The lowest BCUT2D eigenvalue weighted by atomic mass is 9.93. The molecule has 0 aliphatic heterocycles. The average Bonchev–Trinajstić information content (AvgIpc) is 2.27. The van der Waals surface area contributed by atoms with Crippen LogP contribution in [0.15, 0.2) is 49.6 Å². The Kier molecular flexibility index (Phi) is 2.66. The van der Waals surface area contributed by atoms with Crippen molar-refractivity contribution in [3.63, 3.8) is 0 Å². The van der Waals surface area contributed by atoms with Crippen molar-refractivity contribution >= 4 is 21.9 Å². The van der Waals surface area contributed by atoms with E-state index in [0.29, 0.717) is 0 Å². The minimum Gasteiger partial charge on any atom is -0.0955 e. The number of benzene rings is 2. The van der Waals surface area contributed by atoms with Gasteiger partial charge in [-0.15, -0.1) is 0 Å². The van der Waals surface area contributed by atoms with Crippen LogP contribution in [0.5, 0.6) is 0 Å². The third kappa shape index (κ3) is 1.67. The second kappa shape index (κ2) is 3.97. The van der Waals surface area contributed by atoms with E-state index in [2.05, 4.69) is 49.6 Å². The molecule has 16 heavy (non-hydrogen) atoms. The number of hydrogen-bond donors (Lipinski definition) is 0. The first-order valence-corrected chi connectivity index (χ1v) is 5.45. The summed E-state index contributed by atoms with van der Waals surface area (Å²) in [5.41, 5.74) is 4.63. The van der Waals surface area contributed by atoms with Crippen molar-refractivity contribution in [3.8, 4) is 0 Å². The first-order chi connectivity index (χ1) is 7.61. The third-order valence-corrected chi connectivity index (χ3v) is 2.82. The predicted molar refractivity (Wildman–Crippen MR) is 73.4 cm³/mol. The van der Waals surface area contributed by atoms with Crippen LogP contribution in [-0.2, 0) is 0 Å². The number of allylic oxidation sites excluding steroid dienone is 2. The monoisotopic (exact) mass is 208 g/mol. The molecule has 0 saturated heterocycles. The van der Waals surface area contributed by atoms with Crippen molar-refractivity contribution < 1.29 is 0 Å². The van der Waals surface area contributed by atoms with Gasteiger partial charge in [0.05, 0.1) is 0 Å². The zero-order valence-corrected chi connectivity index (χ0v) is 9.88. The van der Waals surface area contributed by atoms with E-state index < -0.39 is 0 Å². The molecule has 0 heteroatoms. The molecule has 80 valence electrons. The van der Waals surface area contributed by atoms with E-state index in [9.17, 15) is 0 Å². The number of rotatable bonds is 2. The maximum Gasteiger partial charge on any atom is -0.00340 e. The van der Waals surface area contributed by atoms with Gasteiger partial charge >= 0.3 is 0 Å². The Morgan fingerprint density at radius 3 is 1.62 bits per heavy atom. The first-order valence-electron chi connectivity index (χ1n) is 5.45. The molecule has 0 aliphatic rings. The Hall–Kier alpha value is -1.82. The standard InChI is InChI=1S/C16H16/c1-11(2)14-9-5-7-13-8-6-10-15(12(3)4)16(13)14/h5-10H,1,3H2,2,4H3. The molecule has 0 unspecified atom stereocenters. The summed E-state index contributed by atoms with van der Waals surface area (Å²) in [7, 11) is 0. The van der Waals surface area contributed by atoms with Crippen LogP contribution < -0.4 is 0 Å². The maximum absolute atomic E-state index is 4.05. The Bertz CT molecular complexity index is 525. The van der Waals surface area contributed by atoms with Gasteiger partial charge in [-0.2, -0.15) is 0 Å². The van der Waals surface area contributed by atoms with Crippen LogP contribution in [0.2, 0.25) is 0 Å². The SMILES string of the molecule is C=C(C)c1cccc2cccc(C(=C)C)c12. The first kappa shape index (κ1) is 10.7. The van der Waals surface area contributed by atoms with Crippen LogP contribution in [0.25, 0.3) is 21.9 Å². The summed E-state index contributed by atoms with van der Waals surface area (Å²) in [5.74, 6) is 0. The van der Waals surface area contributed by atoms with Gasteiger partial charge in [0.2, 0.25) is 0 Å². The Morgan fingerprint density at radius 1 is 0.812 bits per heavy atom. The highest BCUT2D eigenvalue weighted by Crippen LogP contribution is 2.30.